The molecule has 1 aliphatic heterocycles. The molecule has 4 heteroatoms. The maximum absolute atomic E-state index is 6.58. The molecule has 0 saturated carbocycles. The average Bonchev–Trinajstić information content (AvgIpc) is 2.64. The molecule has 1 saturated heterocycles. The molecule has 0 spiro atoms. The molecule has 4 rings (SSSR count). The van der Waals surface area contributed by atoms with Gasteiger partial charge in [-0.05, 0) is 54.6 Å². The summed E-state index contributed by atoms with van der Waals surface area (Å²) in [4.78, 5) is 6.86. The number of hydrogen-bond acceptors (Lipinski definition) is 3. The first-order valence-corrected chi connectivity index (χ1v) is 9.18. The molecule has 0 atom stereocenters. The zero-order chi connectivity index (χ0) is 17.2. The van der Waals surface area contributed by atoms with Crippen LogP contribution < -0.4 is 5.73 Å². The second kappa shape index (κ2) is 7.12. The van der Waals surface area contributed by atoms with Gasteiger partial charge in [0.2, 0.25) is 0 Å². The number of rotatable bonds is 3. The molecule has 2 N–H and O–H groups in total. The van der Waals surface area contributed by atoms with Crippen molar-refractivity contribution in [3.63, 3.8) is 0 Å². The van der Waals surface area contributed by atoms with E-state index in [0.29, 0.717) is 6.04 Å². The van der Waals surface area contributed by atoms with Crippen LogP contribution >= 0.6 is 11.6 Å². The number of pyridine rings is 1. The van der Waals surface area contributed by atoms with Gasteiger partial charge in [-0.2, -0.15) is 0 Å². The van der Waals surface area contributed by atoms with Gasteiger partial charge in [0.25, 0.3) is 0 Å². The zero-order valence-electron chi connectivity index (χ0n) is 14.2. The number of aromatic nitrogens is 1. The molecule has 0 radical (unpaired) electrons. The summed E-state index contributed by atoms with van der Waals surface area (Å²) in [5.41, 5.74) is 9.56. The van der Waals surface area contributed by atoms with Crippen molar-refractivity contribution in [1.82, 2.24) is 9.88 Å². The van der Waals surface area contributed by atoms with E-state index >= 15 is 0 Å². The molecule has 128 valence electrons. The summed E-state index contributed by atoms with van der Waals surface area (Å²) in [6.45, 7) is 3.02. The van der Waals surface area contributed by atoms with E-state index in [9.17, 15) is 0 Å². The fourth-order valence-corrected chi connectivity index (χ4v) is 3.88. The van der Waals surface area contributed by atoms with Crippen molar-refractivity contribution in [3.8, 4) is 11.1 Å². The molecular weight excluding hydrogens is 330 g/mol. The minimum absolute atomic E-state index is 0.354. The van der Waals surface area contributed by atoms with Gasteiger partial charge < -0.3 is 5.73 Å². The van der Waals surface area contributed by atoms with Crippen LogP contribution in [0.15, 0.2) is 54.9 Å². The second-order valence-corrected chi connectivity index (χ2v) is 7.25. The molecule has 1 aromatic heterocycles. The van der Waals surface area contributed by atoms with Gasteiger partial charge in [-0.1, -0.05) is 41.9 Å². The first kappa shape index (κ1) is 16.5. The van der Waals surface area contributed by atoms with Crippen LogP contribution in [0.5, 0.6) is 0 Å². The first-order chi connectivity index (χ1) is 12.2. The van der Waals surface area contributed by atoms with Crippen molar-refractivity contribution in [2.24, 2.45) is 5.73 Å². The third kappa shape index (κ3) is 3.54. The van der Waals surface area contributed by atoms with E-state index in [1.54, 1.807) is 0 Å². The van der Waals surface area contributed by atoms with Crippen molar-refractivity contribution in [1.29, 1.82) is 0 Å². The lowest BCUT2D eigenvalue weighted by Crippen LogP contribution is -2.39. The Morgan fingerprint density at radius 1 is 1.04 bits per heavy atom. The van der Waals surface area contributed by atoms with E-state index in [4.69, 9.17) is 17.3 Å². The maximum atomic E-state index is 6.58. The standard InChI is InChI=1S/C21H22ClN3/c22-21-11-15(14-25-8-6-17(23)7-9-25)10-18-19(12-24-13-20(18)21)16-4-2-1-3-5-16/h1-5,10-13,17H,6-9,14,23H2. The number of piperidine rings is 1. The summed E-state index contributed by atoms with van der Waals surface area (Å²) < 4.78 is 0. The molecule has 0 aliphatic carbocycles. The van der Waals surface area contributed by atoms with E-state index in [-0.39, 0.29) is 0 Å². The SMILES string of the molecule is NC1CCN(Cc2cc(Cl)c3cncc(-c4ccccc4)c3c2)CC1. The monoisotopic (exact) mass is 351 g/mol. The predicted molar refractivity (Wildman–Crippen MR) is 105 cm³/mol. The van der Waals surface area contributed by atoms with Gasteiger partial charge in [-0.15, -0.1) is 0 Å². The van der Waals surface area contributed by atoms with Crippen LogP contribution in [-0.2, 0) is 6.54 Å². The van der Waals surface area contributed by atoms with E-state index in [0.717, 1.165) is 59.4 Å². The van der Waals surface area contributed by atoms with Gasteiger partial charge in [0.1, 0.15) is 0 Å². The van der Waals surface area contributed by atoms with Gasteiger partial charge in [-0.25, -0.2) is 0 Å². The molecule has 2 heterocycles. The maximum Gasteiger partial charge on any atom is 0.0503 e. The van der Waals surface area contributed by atoms with Crippen molar-refractivity contribution >= 4 is 22.4 Å². The minimum Gasteiger partial charge on any atom is -0.328 e. The largest absolute Gasteiger partial charge is 0.328 e. The highest BCUT2D eigenvalue weighted by Crippen LogP contribution is 2.33. The Balaban J connectivity index is 1.72. The summed E-state index contributed by atoms with van der Waals surface area (Å²) in [5.74, 6) is 0. The van der Waals surface area contributed by atoms with E-state index in [1.807, 2.05) is 18.5 Å². The quantitative estimate of drug-likeness (QED) is 0.756. The normalized spacial score (nSPS) is 16.4. The van der Waals surface area contributed by atoms with Gasteiger partial charge in [-0.3, -0.25) is 9.88 Å². The Morgan fingerprint density at radius 3 is 2.56 bits per heavy atom. The molecular formula is C21H22ClN3. The fraction of sp³-hybridized carbons (Fsp3) is 0.286. The van der Waals surface area contributed by atoms with Crippen LogP contribution in [0.4, 0.5) is 0 Å². The number of likely N-dealkylation sites (tertiary alicyclic amines) is 1. The Labute approximate surface area is 153 Å². The lowest BCUT2D eigenvalue weighted by atomic mass is 9.98. The summed E-state index contributed by atoms with van der Waals surface area (Å²) in [6, 6.07) is 15.1. The number of nitrogens with zero attached hydrogens (tertiary/aromatic N) is 2. The van der Waals surface area contributed by atoms with Crippen molar-refractivity contribution in [3.05, 3.63) is 65.4 Å². The second-order valence-electron chi connectivity index (χ2n) is 6.84. The highest BCUT2D eigenvalue weighted by Gasteiger charge is 2.17. The minimum atomic E-state index is 0.354. The Morgan fingerprint density at radius 2 is 1.80 bits per heavy atom. The van der Waals surface area contributed by atoms with E-state index in [2.05, 4.69) is 46.3 Å². The molecule has 2 aromatic carbocycles. The van der Waals surface area contributed by atoms with Crippen LogP contribution in [0.25, 0.3) is 21.9 Å². The highest BCUT2D eigenvalue weighted by molar-refractivity contribution is 6.36. The van der Waals surface area contributed by atoms with Gasteiger partial charge in [0.05, 0.1) is 5.02 Å². The summed E-state index contributed by atoms with van der Waals surface area (Å²) in [5, 5.41) is 2.94. The van der Waals surface area contributed by atoms with Crippen LogP contribution in [0, 0.1) is 0 Å². The number of nitrogens with two attached hydrogens (primary N) is 1. The Kier molecular flexibility index (Phi) is 4.71. The summed E-state index contributed by atoms with van der Waals surface area (Å²) in [6.07, 6.45) is 5.92. The molecule has 0 amide bonds. The number of fused-ring (bicyclic) bond motifs is 1. The predicted octanol–water partition coefficient (Wildman–Crippen LogP) is 4.48. The molecule has 1 fully saturated rings. The van der Waals surface area contributed by atoms with Crippen molar-refractivity contribution in [2.75, 3.05) is 13.1 Å². The molecule has 1 aliphatic rings. The zero-order valence-corrected chi connectivity index (χ0v) is 14.9. The van der Waals surface area contributed by atoms with Crippen LogP contribution in [0.2, 0.25) is 5.02 Å². The topological polar surface area (TPSA) is 42.1 Å². The lowest BCUT2D eigenvalue weighted by molar-refractivity contribution is 0.206. The summed E-state index contributed by atoms with van der Waals surface area (Å²) in [7, 11) is 0. The van der Waals surface area contributed by atoms with Crippen molar-refractivity contribution < 1.29 is 0 Å². The van der Waals surface area contributed by atoms with Gasteiger partial charge in [0, 0.05) is 35.9 Å². The Bertz CT molecular complexity index is 871. The molecule has 25 heavy (non-hydrogen) atoms. The van der Waals surface area contributed by atoms with Gasteiger partial charge in [0.15, 0.2) is 0 Å². The van der Waals surface area contributed by atoms with Gasteiger partial charge >= 0.3 is 0 Å². The highest BCUT2D eigenvalue weighted by atomic mass is 35.5. The molecule has 3 aromatic rings. The van der Waals surface area contributed by atoms with E-state index < -0.39 is 0 Å². The van der Waals surface area contributed by atoms with E-state index in [1.165, 1.54) is 5.56 Å². The lowest BCUT2D eigenvalue weighted by Gasteiger charge is -2.30. The molecule has 0 bridgehead atoms. The fourth-order valence-electron chi connectivity index (χ4n) is 3.59. The Hall–Kier alpha value is -1.94. The molecule has 0 unspecified atom stereocenters. The third-order valence-electron chi connectivity index (χ3n) is 5.01. The van der Waals surface area contributed by atoms with Crippen LogP contribution in [-0.4, -0.2) is 29.0 Å². The smallest absolute Gasteiger partial charge is 0.0503 e. The number of hydrogen-bond donors (Lipinski definition) is 1. The van der Waals surface area contributed by atoms with Crippen LogP contribution in [0.3, 0.4) is 0 Å². The number of halogens is 1. The average molecular weight is 352 g/mol. The van der Waals surface area contributed by atoms with Crippen LogP contribution in [0.1, 0.15) is 18.4 Å². The molecule has 3 nitrogen and oxygen atoms in total. The van der Waals surface area contributed by atoms with Crippen molar-refractivity contribution in [2.45, 2.75) is 25.4 Å². The number of benzene rings is 2. The summed E-state index contributed by atoms with van der Waals surface area (Å²) >= 11 is 6.58. The third-order valence-corrected chi connectivity index (χ3v) is 5.32. The first-order valence-electron chi connectivity index (χ1n) is 8.80.